The van der Waals surface area contributed by atoms with Gasteiger partial charge in [0.2, 0.25) is 0 Å². The van der Waals surface area contributed by atoms with Crippen molar-refractivity contribution in [1.82, 2.24) is 4.90 Å². The first-order valence-corrected chi connectivity index (χ1v) is 7.69. The molecule has 7 nitrogen and oxygen atoms in total. The summed E-state index contributed by atoms with van der Waals surface area (Å²) in [4.78, 5) is 27.0. The van der Waals surface area contributed by atoms with Crippen LogP contribution < -0.4 is 10.2 Å². The summed E-state index contributed by atoms with van der Waals surface area (Å²) in [7, 11) is 1.64. The molecule has 1 aliphatic rings. The Labute approximate surface area is 136 Å². The molecule has 23 heavy (non-hydrogen) atoms. The molecule has 0 radical (unpaired) electrons. The number of amides is 3. The summed E-state index contributed by atoms with van der Waals surface area (Å²) >= 11 is 0. The number of morpholine rings is 1. The van der Waals surface area contributed by atoms with Crippen LogP contribution in [0.5, 0.6) is 0 Å². The number of carbonyl (C=O) groups is 2. The Morgan fingerprint density at radius 2 is 2.09 bits per heavy atom. The van der Waals surface area contributed by atoms with Gasteiger partial charge < -0.3 is 19.7 Å². The van der Waals surface area contributed by atoms with E-state index in [4.69, 9.17) is 9.47 Å². The third-order valence-electron chi connectivity index (χ3n) is 3.58. The predicted molar refractivity (Wildman–Crippen MR) is 87.9 cm³/mol. The molecule has 3 amide bonds. The van der Waals surface area contributed by atoms with Crippen molar-refractivity contribution in [2.75, 3.05) is 43.6 Å². The van der Waals surface area contributed by atoms with E-state index >= 15 is 0 Å². The van der Waals surface area contributed by atoms with Gasteiger partial charge in [-0.3, -0.25) is 4.90 Å². The molecule has 1 N–H and O–H groups in total. The summed E-state index contributed by atoms with van der Waals surface area (Å²) in [6, 6.07) is 6.88. The topological polar surface area (TPSA) is 71.1 Å². The summed E-state index contributed by atoms with van der Waals surface area (Å²) in [5.41, 5.74) is 1.37. The lowest BCUT2D eigenvalue weighted by Crippen LogP contribution is -2.46. The number of hydrogen-bond acceptors (Lipinski definition) is 4. The molecule has 126 valence electrons. The molecule has 1 atom stereocenters. The molecule has 0 bridgehead atoms. The number of anilines is 2. The van der Waals surface area contributed by atoms with Crippen LogP contribution in [0.2, 0.25) is 0 Å². The van der Waals surface area contributed by atoms with Gasteiger partial charge >= 0.3 is 12.1 Å². The fraction of sp³-hybridized carbons (Fsp3) is 0.500. The number of urea groups is 1. The molecule has 0 saturated carbocycles. The summed E-state index contributed by atoms with van der Waals surface area (Å²) in [5.74, 6) is 0. The van der Waals surface area contributed by atoms with Gasteiger partial charge in [0, 0.05) is 31.5 Å². The van der Waals surface area contributed by atoms with E-state index in [0.717, 1.165) is 0 Å². The van der Waals surface area contributed by atoms with E-state index in [1.165, 1.54) is 4.90 Å². The zero-order chi connectivity index (χ0) is 16.8. The zero-order valence-corrected chi connectivity index (χ0v) is 13.7. The molecule has 1 fully saturated rings. The molecule has 1 aromatic rings. The first kappa shape index (κ1) is 17.1. The number of benzene rings is 1. The second-order valence-corrected chi connectivity index (χ2v) is 5.36. The molecule has 1 aromatic carbocycles. The quantitative estimate of drug-likeness (QED) is 0.928. The van der Waals surface area contributed by atoms with Gasteiger partial charge in [-0.15, -0.1) is 0 Å². The Balaban J connectivity index is 1.94. The Morgan fingerprint density at radius 1 is 1.39 bits per heavy atom. The highest BCUT2D eigenvalue weighted by atomic mass is 16.6. The number of carbonyl (C=O) groups excluding carboxylic acids is 2. The van der Waals surface area contributed by atoms with Crippen molar-refractivity contribution in [3.05, 3.63) is 24.3 Å². The van der Waals surface area contributed by atoms with E-state index in [1.54, 1.807) is 43.1 Å². The maximum Gasteiger partial charge on any atom is 0.413 e. The van der Waals surface area contributed by atoms with Crippen LogP contribution in [0.3, 0.4) is 0 Å². The van der Waals surface area contributed by atoms with E-state index in [9.17, 15) is 9.59 Å². The van der Waals surface area contributed by atoms with Crippen molar-refractivity contribution in [1.29, 1.82) is 0 Å². The van der Waals surface area contributed by atoms with Crippen molar-refractivity contribution in [3.8, 4) is 0 Å². The average molecular weight is 321 g/mol. The van der Waals surface area contributed by atoms with Gasteiger partial charge in [0.1, 0.15) is 0 Å². The lowest BCUT2D eigenvalue weighted by atomic mass is 10.2. The predicted octanol–water partition coefficient (Wildman–Crippen LogP) is 2.53. The maximum absolute atomic E-state index is 12.2. The minimum atomic E-state index is -0.411. The van der Waals surface area contributed by atoms with Crippen LogP contribution >= 0.6 is 0 Å². The van der Waals surface area contributed by atoms with Gasteiger partial charge in [0.25, 0.3) is 0 Å². The minimum absolute atomic E-state index is 0.0510. The smallest absolute Gasteiger partial charge is 0.413 e. The van der Waals surface area contributed by atoms with Crippen LogP contribution in [0.25, 0.3) is 0 Å². The number of nitrogens with zero attached hydrogens (tertiary/aromatic N) is 2. The molecule has 0 aliphatic carbocycles. The first-order chi connectivity index (χ1) is 11.0. The second kappa shape index (κ2) is 7.82. The van der Waals surface area contributed by atoms with Crippen molar-refractivity contribution in [2.45, 2.75) is 20.0 Å². The van der Waals surface area contributed by atoms with Gasteiger partial charge in [-0.05, 0) is 38.1 Å². The molecule has 0 unspecified atom stereocenters. The third kappa shape index (κ3) is 4.59. The van der Waals surface area contributed by atoms with E-state index in [2.05, 4.69) is 5.32 Å². The number of rotatable bonds is 3. The lowest BCUT2D eigenvalue weighted by molar-refractivity contribution is -0.00138. The van der Waals surface area contributed by atoms with Gasteiger partial charge in [-0.1, -0.05) is 0 Å². The van der Waals surface area contributed by atoms with Crippen LogP contribution in [0.4, 0.5) is 21.0 Å². The molecular formula is C16H23N3O4. The van der Waals surface area contributed by atoms with Gasteiger partial charge in [-0.2, -0.15) is 0 Å². The monoisotopic (exact) mass is 321 g/mol. The molecule has 2 rings (SSSR count). The van der Waals surface area contributed by atoms with Gasteiger partial charge in [0.05, 0.1) is 19.3 Å². The van der Waals surface area contributed by atoms with Crippen LogP contribution in [-0.4, -0.2) is 56.5 Å². The van der Waals surface area contributed by atoms with Gasteiger partial charge in [-0.25, -0.2) is 9.59 Å². The van der Waals surface area contributed by atoms with E-state index in [-0.39, 0.29) is 12.1 Å². The molecular weight excluding hydrogens is 298 g/mol. The SMILES string of the molecule is CCOC(=O)N(C)c1ccc(NC(=O)N2CCO[C@@H](C)C2)cc1. The van der Waals surface area contributed by atoms with Crippen molar-refractivity contribution < 1.29 is 19.1 Å². The highest BCUT2D eigenvalue weighted by Gasteiger charge is 2.21. The van der Waals surface area contributed by atoms with E-state index < -0.39 is 6.09 Å². The normalized spacial score (nSPS) is 17.5. The van der Waals surface area contributed by atoms with Crippen LogP contribution in [-0.2, 0) is 9.47 Å². The summed E-state index contributed by atoms with van der Waals surface area (Å²) < 4.78 is 10.4. The second-order valence-electron chi connectivity index (χ2n) is 5.36. The highest BCUT2D eigenvalue weighted by Crippen LogP contribution is 2.18. The number of ether oxygens (including phenoxy) is 2. The molecule has 0 aromatic heterocycles. The maximum atomic E-state index is 12.2. The average Bonchev–Trinajstić information content (AvgIpc) is 2.55. The Bertz CT molecular complexity index is 547. The largest absolute Gasteiger partial charge is 0.449 e. The van der Waals surface area contributed by atoms with E-state index in [0.29, 0.717) is 37.7 Å². The highest BCUT2D eigenvalue weighted by molar-refractivity contribution is 5.91. The summed E-state index contributed by atoms with van der Waals surface area (Å²) in [6.45, 7) is 5.75. The Morgan fingerprint density at radius 3 is 2.70 bits per heavy atom. The van der Waals surface area contributed by atoms with Crippen LogP contribution in [0.1, 0.15) is 13.8 Å². The molecule has 1 heterocycles. The Kier molecular flexibility index (Phi) is 5.81. The van der Waals surface area contributed by atoms with E-state index in [1.807, 2.05) is 6.92 Å². The fourth-order valence-corrected chi connectivity index (χ4v) is 2.30. The molecule has 1 aliphatic heterocycles. The lowest BCUT2D eigenvalue weighted by Gasteiger charge is -2.31. The standard InChI is InChI=1S/C16H23N3O4/c1-4-22-16(21)18(3)14-7-5-13(6-8-14)17-15(20)19-9-10-23-12(2)11-19/h5-8,12H,4,9-11H2,1-3H3,(H,17,20)/t12-/m0/s1. The Hall–Kier alpha value is -2.28. The molecule has 0 spiro atoms. The van der Waals surface area contributed by atoms with Crippen molar-refractivity contribution >= 4 is 23.5 Å². The van der Waals surface area contributed by atoms with Crippen molar-refractivity contribution in [3.63, 3.8) is 0 Å². The molecule has 1 saturated heterocycles. The first-order valence-electron chi connectivity index (χ1n) is 7.69. The zero-order valence-electron chi connectivity index (χ0n) is 13.7. The van der Waals surface area contributed by atoms with Crippen LogP contribution in [0.15, 0.2) is 24.3 Å². The number of hydrogen-bond donors (Lipinski definition) is 1. The third-order valence-corrected chi connectivity index (χ3v) is 3.58. The van der Waals surface area contributed by atoms with Crippen LogP contribution in [0, 0.1) is 0 Å². The summed E-state index contributed by atoms with van der Waals surface area (Å²) in [6.07, 6.45) is -0.360. The minimum Gasteiger partial charge on any atom is -0.449 e. The van der Waals surface area contributed by atoms with Crippen molar-refractivity contribution in [2.24, 2.45) is 0 Å². The number of nitrogens with one attached hydrogen (secondary N) is 1. The molecule has 7 heteroatoms. The fourth-order valence-electron chi connectivity index (χ4n) is 2.30. The van der Waals surface area contributed by atoms with Gasteiger partial charge in [0.15, 0.2) is 0 Å². The summed E-state index contributed by atoms with van der Waals surface area (Å²) in [5, 5.41) is 2.85.